The molecule has 1 atom stereocenters. The summed E-state index contributed by atoms with van der Waals surface area (Å²) in [6, 6.07) is 3.09. The Hall–Kier alpha value is -1.70. The van der Waals surface area contributed by atoms with Gasteiger partial charge in [-0.3, -0.25) is 4.79 Å². The zero-order valence-electron chi connectivity index (χ0n) is 14.9. The Kier molecular flexibility index (Phi) is 8.82. The summed E-state index contributed by atoms with van der Waals surface area (Å²) in [5.74, 6) is 1.60. The van der Waals surface area contributed by atoms with Crippen LogP contribution in [0.15, 0.2) is 12.1 Å². The van der Waals surface area contributed by atoms with Gasteiger partial charge in [-0.15, -0.1) is 12.4 Å². The Bertz CT molecular complexity index is 564. The Labute approximate surface area is 154 Å². The molecule has 0 aromatic heterocycles. The minimum atomic E-state index is -0.528. The smallest absolute Gasteiger partial charge is 0.237 e. The van der Waals surface area contributed by atoms with Crippen LogP contribution >= 0.6 is 12.4 Å². The SMILES string of the molecule is COc1ccc(CNC(=O)C(N)C2CCOCC2)c(OC)c1OC.Cl. The van der Waals surface area contributed by atoms with E-state index in [1.54, 1.807) is 27.4 Å². The van der Waals surface area contributed by atoms with Gasteiger partial charge in [-0.05, 0) is 30.9 Å². The molecule has 0 bridgehead atoms. The third-order valence-electron chi connectivity index (χ3n) is 4.32. The number of halogens is 1. The first-order valence-corrected chi connectivity index (χ1v) is 8.01. The van der Waals surface area contributed by atoms with E-state index in [2.05, 4.69) is 5.32 Å². The van der Waals surface area contributed by atoms with Crippen molar-refractivity contribution in [1.82, 2.24) is 5.32 Å². The highest BCUT2D eigenvalue weighted by molar-refractivity contribution is 5.85. The standard InChI is InChI=1S/C17H26N2O5.ClH/c1-21-13-5-4-12(15(22-2)16(13)23-3)10-19-17(20)14(18)11-6-8-24-9-7-11;/h4-5,11,14H,6-10,18H2,1-3H3,(H,19,20);1H. The van der Waals surface area contributed by atoms with Gasteiger partial charge in [-0.25, -0.2) is 0 Å². The van der Waals surface area contributed by atoms with Crippen molar-refractivity contribution in [2.75, 3.05) is 34.5 Å². The lowest BCUT2D eigenvalue weighted by Gasteiger charge is -2.26. The van der Waals surface area contributed by atoms with Gasteiger partial charge >= 0.3 is 0 Å². The topological polar surface area (TPSA) is 92.0 Å². The highest BCUT2D eigenvalue weighted by atomic mass is 35.5. The summed E-state index contributed by atoms with van der Waals surface area (Å²) < 4.78 is 21.3. The summed E-state index contributed by atoms with van der Waals surface area (Å²) in [4.78, 5) is 12.3. The molecular formula is C17H27ClN2O5. The van der Waals surface area contributed by atoms with Crippen molar-refractivity contribution >= 4 is 18.3 Å². The van der Waals surface area contributed by atoms with Crippen LogP contribution in [0.5, 0.6) is 17.2 Å². The van der Waals surface area contributed by atoms with Crippen LogP contribution < -0.4 is 25.3 Å². The van der Waals surface area contributed by atoms with Gasteiger partial charge in [0.15, 0.2) is 11.5 Å². The maximum atomic E-state index is 12.3. The maximum Gasteiger partial charge on any atom is 0.237 e. The third kappa shape index (κ3) is 5.14. The van der Waals surface area contributed by atoms with Crippen molar-refractivity contribution in [2.24, 2.45) is 11.7 Å². The number of benzene rings is 1. The summed E-state index contributed by atoms with van der Waals surface area (Å²) in [6.07, 6.45) is 1.63. The van der Waals surface area contributed by atoms with Gasteiger partial charge in [0.25, 0.3) is 0 Å². The Morgan fingerprint density at radius 2 is 1.84 bits per heavy atom. The Morgan fingerprint density at radius 3 is 2.40 bits per heavy atom. The van der Waals surface area contributed by atoms with Gasteiger partial charge in [0, 0.05) is 25.3 Å². The third-order valence-corrected chi connectivity index (χ3v) is 4.32. The molecule has 0 saturated carbocycles. The lowest BCUT2D eigenvalue weighted by molar-refractivity contribution is -0.124. The number of carbonyl (C=O) groups is 1. The van der Waals surface area contributed by atoms with Gasteiger partial charge in [0.2, 0.25) is 11.7 Å². The molecule has 0 spiro atoms. The van der Waals surface area contributed by atoms with E-state index in [-0.39, 0.29) is 24.2 Å². The van der Waals surface area contributed by atoms with Crippen LogP contribution in [-0.2, 0) is 16.1 Å². The number of amides is 1. The zero-order valence-corrected chi connectivity index (χ0v) is 15.7. The first kappa shape index (κ1) is 21.3. The molecule has 25 heavy (non-hydrogen) atoms. The minimum Gasteiger partial charge on any atom is -0.493 e. The summed E-state index contributed by atoms with van der Waals surface area (Å²) >= 11 is 0. The molecule has 1 saturated heterocycles. The van der Waals surface area contributed by atoms with Crippen molar-refractivity contribution in [2.45, 2.75) is 25.4 Å². The fraction of sp³-hybridized carbons (Fsp3) is 0.588. The first-order valence-electron chi connectivity index (χ1n) is 8.01. The van der Waals surface area contributed by atoms with Crippen LogP contribution in [0.2, 0.25) is 0 Å². The van der Waals surface area contributed by atoms with Crippen molar-refractivity contribution in [3.63, 3.8) is 0 Å². The zero-order chi connectivity index (χ0) is 17.5. The molecule has 8 heteroatoms. The number of hydrogen-bond acceptors (Lipinski definition) is 6. The lowest BCUT2D eigenvalue weighted by atomic mass is 9.92. The molecule has 3 N–H and O–H groups in total. The van der Waals surface area contributed by atoms with Gasteiger partial charge in [-0.1, -0.05) is 0 Å². The molecule has 1 fully saturated rings. The molecule has 1 aromatic carbocycles. The minimum absolute atomic E-state index is 0. The molecule has 1 aromatic rings. The Morgan fingerprint density at radius 1 is 1.20 bits per heavy atom. The van der Waals surface area contributed by atoms with Gasteiger partial charge < -0.3 is 30.0 Å². The molecule has 1 heterocycles. The monoisotopic (exact) mass is 374 g/mol. The van der Waals surface area contributed by atoms with Crippen LogP contribution in [0.1, 0.15) is 18.4 Å². The van der Waals surface area contributed by atoms with E-state index in [1.807, 2.05) is 6.07 Å². The summed E-state index contributed by atoms with van der Waals surface area (Å²) in [5.41, 5.74) is 6.88. The van der Waals surface area contributed by atoms with Crippen LogP contribution in [-0.4, -0.2) is 46.5 Å². The molecule has 142 valence electrons. The molecule has 1 aliphatic heterocycles. The van der Waals surface area contributed by atoms with E-state index in [1.165, 1.54) is 0 Å². The van der Waals surface area contributed by atoms with Crippen LogP contribution in [0.3, 0.4) is 0 Å². The second kappa shape index (κ2) is 10.3. The van der Waals surface area contributed by atoms with Crippen molar-refractivity contribution in [1.29, 1.82) is 0 Å². The second-order valence-electron chi connectivity index (χ2n) is 5.69. The van der Waals surface area contributed by atoms with E-state index in [0.717, 1.165) is 18.4 Å². The number of ether oxygens (including phenoxy) is 4. The van der Waals surface area contributed by atoms with Crippen LogP contribution in [0, 0.1) is 5.92 Å². The largest absolute Gasteiger partial charge is 0.493 e. The highest BCUT2D eigenvalue weighted by Crippen LogP contribution is 2.39. The van der Waals surface area contributed by atoms with E-state index in [0.29, 0.717) is 37.0 Å². The molecule has 2 rings (SSSR count). The number of methoxy groups -OCH3 is 3. The number of hydrogen-bond donors (Lipinski definition) is 2. The molecule has 7 nitrogen and oxygen atoms in total. The maximum absolute atomic E-state index is 12.3. The number of rotatable bonds is 7. The number of nitrogens with one attached hydrogen (secondary N) is 1. The predicted molar refractivity (Wildman–Crippen MR) is 96.7 cm³/mol. The highest BCUT2D eigenvalue weighted by Gasteiger charge is 2.26. The molecule has 1 aliphatic rings. The fourth-order valence-corrected chi connectivity index (χ4v) is 2.89. The first-order chi connectivity index (χ1) is 11.6. The normalized spacial score (nSPS) is 15.7. The Balaban J connectivity index is 0.00000312. The molecule has 0 aliphatic carbocycles. The van der Waals surface area contributed by atoms with Crippen LogP contribution in [0.4, 0.5) is 0 Å². The lowest BCUT2D eigenvalue weighted by Crippen LogP contribution is -2.46. The van der Waals surface area contributed by atoms with Gasteiger partial charge in [0.05, 0.1) is 27.4 Å². The van der Waals surface area contributed by atoms with E-state index >= 15 is 0 Å². The van der Waals surface area contributed by atoms with E-state index in [9.17, 15) is 4.79 Å². The molecular weight excluding hydrogens is 348 g/mol. The van der Waals surface area contributed by atoms with Crippen LogP contribution in [0.25, 0.3) is 0 Å². The van der Waals surface area contributed by atoms with Crippen molar-refractivity contribution in [3.05, 3.63) is 17.7 Å². The number of carbonyl (C=O) groups excluding carboxylic acids is 1. The fourth-order valence-electron chi connectivity index (χ4n) is 2.89. The van der Waals surface area contributed by atoms with Gasteiger partial charge in [0.1, 0.15) is 0 Å². The summed E-state index contributed by atoms with van der Waals surface area (Å²) in [5, 5.41) is 2.88. The average molecular weight is 375 g/mol. The molecule has 0 radical (unpaired) electrons. The summed E-state index contributed by atoms with van der Waals surface area (Å²) in [6.45, 7) is 1.63. The quantitative estimate of drug-likeness (QED) is 0.751. The predicted octanol–water partition coefficient (Wildman–Crippen LogP) is 1.50. The van der Waals surface area contributed by atoms with Crippen molar-refractivity contribution in [3.8, 4) is 17.2 Å². The number of nitrogens with two attached hydrogens (primary N) is 1. The van der Waals surface area contributed by atoms with E-state index in [4.69, 9.17) is 24.7 Å². The van der Waals surface area contributed by atoms with Gasteiger partial charge in [-0.2, -0.15) is 0 Å². The average Bonchev–Trinajstić information content (AvgIpc) is 2.64. The second-order valence-corrected chi connectivity index (χ2v) is 5.69. The summed E-state index contributed by atoms with van der Waals surface area (Å²) in [7, 11) is 4.66. The molecule has 1 amide bonds. The van der Waals surface area contributed by atoms with E-state index < -0.39 is 6.04 Å². The van der Waals surface area contributed by atoms with Crippen molar-refractivity contribution < 1.29 is 23.7 Å². The molecule has 1 unspecified atom stereocenters.